The summed E-state index contributed by atoms with van der Waals surface area (Å²) in [5.74, 6) is 0.263. The van der Waals surface area contributed by atoms with Crippen LogP contribution >= 0.6 is 11.8 Å². The summed E-state index contributed by atoms with van der Waals surface area (Å²) in [6, 6.07) is 24.0. The Kier molecular flexibility index (Phi) is 6.93. The summed E-state index contributed by atoms with van der Waals surface area (Å²) in [4.78, 5) is 29.1. The van der Waals surface area contributed by atoms with Gasteiger partial charge in [-0.05, 0) is 34.7 Å². The summed E-state index contributed by atoms with van der Waals surface area (Å²) >= 11 is 1.45. The van der Waals surface area contributed by atoms with E-state index in [1.807, 2.05) is 54.6 Å². The summed E-state index contributed by atoms with van der Waals surface area (Å²) in [5, 5.41) is 2.83. The van der Waals surface area contributed by atoms with Gasteiger partial charge >= 0.3 is 5.69 Å². The van der Waals surface area contributed by atoms with E-state index in [0.29, 0.717) is 23.6 Å². The number of fused-ring (bicyclic) bond motifs is 1. The van der Waals surface area contributed by atoms with Crippen molar-refractivity contribution in [3.63, 3.8) is 0 Å². The minimum atomic E-state index is -0.460. The van der Waals surface area contributed by atoms with E-state index in [-0.39, 0.29) is 18.2 Å². The molecule has 1 aromatic heterocycles. The summed E-state index contributed by atoms with van der Waals surface area (Å²) in [6.07, 6.45) is 0.571. The molecule has 0 spiro atoms. The van der Waals surface area contributed by atoms with Crippen molar-refractivity contribution >= 4 is 22.5 Å². The quantitative estimate of drug-likeness (QED) is 0.377. The van der Waals surface area contributed by atoms with Gasteiger partial charge in [-0.15, -0.1) is 0 Å². The predicted octanol–water partition coefficient (Wildman–Crippen LogP) is 5.21. The number of nitrogens with one attached hydrogen (secondary N) is 1. The molecule has 4 rings (SSSR count). The molecule has 1 heterocycles. The molecule has 0 unspecified atom stereocenters. The highest BCUT2D eigenvalue weighted by atomic mass is 32.2. The summed E-state index contributed by atoms with van der Waals surface area (Å²) in [5.41, 5.74) is 0.848. The lowest BCUT2D eigenvalue weighted by molar-refractivity contribution is 0.0550. The van der Waals surface area contributed by atoms with E-state index in [4.69, 9.17) is 4.74 Å². The molecule has 1 N–H and O–H groups in total. The first-order valence-electron chi connectivity index (χ1n) is 10.7. The molecule has 0 saturated heterocycles. The fourth-order valence-electron chi connectivity index (χ4n) is 3.63. The molecule has 5 nitrogen and oxygen atoms in total. The SMILES string of the molecule is CC(C)Cc1c(Sc2cccc3ccccc23)n(COCc2ccccc2)c(=O)[nH]c1=O. The van der Waals surface area contributed by atoms with Gasteiger partial charge in [-0.25, -0.2) is 4.79 Å². The third-order valence-corrected chi connectivity index (χ3v) is 6.38. The molecule has 0 saturated carbocycles. The number of H-pyrrole nitrogens is 1. The van der Waals surface area contributed by atoms with Crippen molar-refractivity contribution in [1.82, 2.24) is 9.55 Å². The van der Waals surface area contributed by atoms with Crippen molar-refractivity contribution in [3.05, 3.63) is 105 Å². The average molecular weight is 447 g/mol. The first kappa shape index (κ1) is 22.1. The second-order valence-corrected chi connectivity index (χ2v) is 9.14. The lowest BCUT2D eigenvalue weighted by Crippen LogP contribution is -2.35. The minimum Gasteiger partial charge on any atom is -0.356 e. The number of hydrogen-bond acceptors (Lipinski definition) is 4. The monoisotopic (exact) mass is 446 g/mol. The maximum Gasteiger partial charge on any atom is 0.331 e. The molecule has 3 aromatic carbocycles. The van der Waals surface area contributed by atoms with Gasteiger partial charge in [-0.2, -0.15) is 0 Å². The Morgan fingerprint density at radius 2 is 1.66 bits per heavy atom. The van der Waals surface area contributed by atoms with Gasteiger partial charge in [0.05, 0.1) is 11.6 Å². The van der Waals surface area contributed by atoms with Crippen LogP contribution in [0.25, 0.3) is 10.8 Å². The maximum atomic E-state index is 12.8. The van der Waals surface area contributed by atoms with Crippen LogP contribution in [-0.4, -0.2) is 9.55 Å². The molecule has 32 heavy (non-hydrogen) atoms. The number of ether oxygens (including phenoxy) is 1. The van der Waals surface area contributed by atoms with E-state index in [9.17, 15) is 9.59 Å². The number of rotatable bonds is 8. The van der Waals surface area contributed by atoms with Crippen LogP contribution in [0.15, 0.2) is 92.3 Å². The summed E-state index contributed by atoms with van der Waals surface area (Å²) < 4.78 is 7.42. The number of nitrogens with zero attached hydrogens (tertiary/aromatic N) is 1. The number of aromatic amines is 1. The van der Waals surface area contributed by atoms with E-state index in [1.54, 1.807) is 0 Å². The zero-order chi connectivity index (χ0) is 22.5. The van der Waals surface area contributed by atoms with Crippen LogP contribution in [-0.2, 0) is 24.5 Å². The lowest BCUT2D eigenvalue weighted by atomic mass is 10.1. The minimum absolute atomic E-state index is 0.0582. The maximum absolute atomic E-state index is 12.8. The first-order valence-corrected chi connectivity index (χ1v) is 11.5. The molecular formula is C26H26N2O3S. The molecule has 0 aliphatic carbocycles. The number of aromatic nitrogens is 2. The van der Waals surface area contributed by atoms with Gasteiger partial charge in [-0.3, -0.25) is 14.3 Å². The van der Waals surface area contributed by atoms with Crippen molar-refractivity contribution in [3.8, 4) is 0 Å². The smallest absolute Gasteiger partial charge is 0.331 e. The van der Waals surface area contributed by atoms with Gasteiger partial charge in [-0.1, -0.05) is 92.3 Å². The highest BCUT2D eigenvalue weighted by Gasteiger charge is 2.18. The van der Waals surface area contributed by atoms with E-state index < -0.39 is 5.69 Å². The van der Waals surface area contributed by atoms with E-state index in [2.05, 4.69) is 37.0 Å². The molecule has 164 valence electrons. The third-order valence-electron chi connectivity index (χ3n) is 5.14. The van der Waals surface area contributed by atoms with E-state index >= 15 is 0 Å². The normalized spacial score (nSPS) is 11.3. The van der Waals surface area contributed by atoms with Gasteiger partial charge in [0, 0.05) is 10.5 Å². The van der Waals surface area contributed by atoms with Crippen LogP contribution < -0.4 is 11.2 Å². The molecule has 0 radical (unpaired) electrons. The molecule has 0 aliphatic heterocycles. The highest BCUT2D eigenvalue weighted by Crippen LogP contribution is 2.34. The fourth-order valence-corrected chi connectivity index (χ4v) is 4.83. The highest BCUT2D eigenvalue weighted by molar-refractivity contribution is 7.99. The van der Waals surface area contributed by atoms with Crippen LogP contribution in [0.3, 0.4) is 0 Å². The van der Waals surface area contributed by atoms with Crippen molar-refractivity contribution in [2.75, 3.05) is 0 Å². The average Bonchev–Trinajstić information content (AvgIpc) is 2.79. The van der Waals surface area contributed by atoms with Gasteiger partial charge in [0.15, 0.2) is 0 Å². The molecule has 0 fully saturated rings. The van der Waals surface area contributed by atoms with Gasteiger partial charge in [0.2, 0.25) is 0 Å². The van der Waals surface area contributed by atoms with Crippen molar-refractivity contribution in [2.45, 2.75) is 43.5 Å². The van der Waals surface area contributed by atoms with Crippen molar-refractivity contribution in [2.24, 2.45) is 5.92 Å². The predicted molar refractivity (Wildman–Crippen MR) is 129 cm³/mol. The lowest BCUT2D eigenvalue weighted by Gasteiger charge is -2.18. The van der Waals surface area contributed by atoms with Gasteiger partial charge in [0.1, 0.15) is 6.73 Å². The Hall–Kier alpha value is -3.09. The van der Waals surface area contributed by atoms with Crippen LogP contribution in [0, 0.1) is 5.92 Å². The third kappa shape index (κ3) is 5.03. The molecule has 0 atom stereocenters. The molecule has 0 amide bonds. The zero-order valence-corrected chi connectivity index (χ0v) is 19.0. The van der Waals surface area contributed by atoms with Crippen molar-refractivity contribution < 1.29 is 4.74 Å². The number of benzene rings is 3. The molecule has 0 bridgehead atoms. The van der Waals surface area contributed by atoms with Crippen LogP contribution in [0.2, 0.25) is 0 Å². The molecule has 6 heteroatoms. The van der Waals surface area contributed by atoms with Gasteiger partial charge in [0.25, 0.3) is 5.56 Å². The summed E-state index contributed by atoms with van der Waals surface area (Å²) in [6.45, 7) is 4.56. The Bertz CT molecular complexity index is 1320. The Balaban J connectivity index is 1.75. The Morgan fingerprint density at radius 3 is 2.44 bits per heavy atom. The second-order valence-electron chi connectivity index (χ2n) is 8.11. The largest absolute Gasteiger partial charge is 0.356 e. The van der Waals surface area contributed by atoms with Crippen LogP contribution in [0.4, 0.5) is 0 Å². The Morgan fingerprint density at radius 1 is 0.938 bits per heavy atom. The zero-order valence-electron chi connectivity index (χ0n) is 18.2. The molecular weight excluding hydrogens is 420 g/mol. The second kappa shape index (κ2) is 10.0. The standard InChI is InChI=1S/C26H26N2O3S/c1-18(2)15-22-24(29)27-26(30)28(17-31-16-19-9-4-3-5-10-19)25(22)32-23-14-8-12-20-11-6-7-13-21(20)23/h3-14,18H,15-17H2,1-2H3,(H,27,29,30). The first-order chi connectivity index (χ1) is 15.5. The topological polar surface area (TPSA) is 64.1 Å². The van der Waals surface area contributed by atoms with E-state index in [0.717, 1.165) is 21.2 Å². The molecule has 0 aliphatic rings. The van der Waals surface area contributed by atoms with E-state index in [1.165, 1.54) is 16.3 Å². The fraction of sp³-hybridized carbons (Fsp3) is 0.231. The Labute approximate surface area is 191 Å². The van der Waals surface area contributed by atoms with Crippen LogP contribution in [0.5, 0.6) is 0 Å². The van der Waals surface area contributed by atoms with Gasteiger partial charge < -0.3 is 4.74 Å². The summed E-state index contributed by atoms with van der Waals surface area (Å²) in [7, 11) is 0. The number of hydrogen-bond donors (Lipinski definition) is 1. The van der Waals surface area contributed by atoms with Crippen molar-refractivity contribution in [1.29, 1.82) is 0 Å². The molecule has 4 aromatic rings. The van der Waals surface area contributed by atoms with Crippen LogP contribution in [0.1, 0.15) is 25.0 Å².